The molecule has 4 nitrogen and oxygen atoms in total. The molecule has 2 aliphatic heterocycles. The number of anilines is 1. The Balaban J connectivity index is 1.52. The van der Waals surface area contributed by atoms with Crippen LogP contribution in [0, 0.1) is 5.92 Å². The standard InChI is InChI=1S/C24H22BrN3O/c25-18-9-10-21-19(13-18)22(20-14-26-11-12-27-24(20)28-21)23(29)17-7-5-15-3-1-2-4-16(15)6-8-17/h1-4,9-13,17,22,28H,5-8,14H2. The van der Waals surface area contributed by atoms with Gasteiger partial charge in [0, 0.05) is 34.1 Å². The van der Waals surface area contributed by atoms with E-state index in [4.69, 9.17) is 0 Å². The molecule has 2 aromatic rings. The average Bonchev–Trinajstić information content (AvgIpc) is 3.10. The van der Waals surface area contributed by atoms with Gasteiger partial charge in [0.2, 0.25) is 0 Å². The lowest BCUT2D eigenvalue weighted by Crippen LogP contribution is -2.29. The summed E-state index contributed by atoms with van der Waals surface area (Å²) in [6.45, 7) is 0.498. The van der Waals surface area contributed by atoms with Gasteiger partial charge in [-0.15, -0.1) is 0 Å². The van der Waals surface area contributed by atoms with Gasteiger partial charge < -0.3 is 5.32 Å². The number of carbonyl (C=O) groups is 1. The first-order chi connectivity index (χ1) is 14.2. The smallest absolute Gasteiger partial charge is 0.147 e. The van der Waals surface area contributed by atoms with Crippen LogP contribution in [-0.2, 0) is 17.6 Å². The summed E-state index contributed by atoms with van der Waals surface area (Å²) < 4.78 is 0.980. The highest BCUT2D eigenvalue weighted by Crippen LogP contribution is 2.42. The number of hydrogen-bond donors (Lipinski definition) is 1. The van der Waals surface area contributed by atoms with Gasteiger partial charge in [-0.2, -0.15) is 0 Å². The highest BCUT2D eigenvalue weighted by Gasteiger charge is 2.37. The van der Waals surface area contributed by atoms with E-state index in [-0.39, 0.29) is 11.8 Å². The lowest BCUT2D eigenvalue weighted by Gasteiger charge is -2.31. The zero-order valence-electron chi connectivity index (χ0n) is 16.1. The molecule has 5 rings (SSSR count). The lowest BCUT2D eigenvalue weighted by atomic mass is 9.77. The highest BCUT2D eigenvalue weighted by atomic mass is 79.9. The van der Waals surface area contributed by atoms with Gasteiger partial charge in [-0.25, -0.2) is 4.99 Å². The molecule has 2 aromatic carbocycles. The molecule has 1 aliphatic carbocycles. The predicted molar refractivity (Wildman–Crippen MR) is 121 cm³/mol. The van der Waals surface area contributed by atoms with Gasteiger partial charge in [-0.1, -0.05) is 40.2 Å². The van der Waals surface area contributed by atoms with E-state index in [1.54, 1.807) is 12.4 Å². The Kier molecular flexibility index (Phi) is 4.92. The minimum absolute atomic E-state index is 0.0438. The van der Waals surface area contributed by atoms with E-state index in [1.807, 2.05) is 12.1 Å². The summed E-state index contributed by atoms with van der Waals surface area (Å²) in [5, 5.41) is 3.41. The summed E-state index contributed by atoms with van der Waals surface area (Å²) in [4.78, 5) is 22.9. The molecule has 0 saturated carbocycles. The van der Waals surface area contributed by atoms with E-state index in [1.165, 1.54) is 11.1 Å². The lowest BCUT2D eigenvalue weighted by molar-refractivity contribution is -0.124. The van der Waals surface area contributed by atoms with Crippen molar-refractivity contribution in [1.29, 1.82) is 0 Å². The van der Waals surface area contributed by atoms with Gasteiger partial charge in [-0.3, -0.25) is 9.79 Å². The van der Waals surface area contributed by atoms with Crippen LogP contribution in [0.25, 0.3) is 0 Å². The second-order valence-electron chi connectivity index (χ2n) is 7.88. The molecular formula is C24H22BrN3O. The van der Waals surface area contributed by atoms with Crippen molar-refractivity contribution in [2.45, 2.75) is 31.6 Å². The molecule has 0 amide bonds. The maximum Gasteiger partial charge on any atom is 0.147 e. The quantitative estimate of drug-likeness (QED) is 0.651. The number of halogens is 1. The fraction of sp³-hybridized carbons (Fsp3) is 0.292. The summed E-state index contributed by atoms with van der Waals surface area (Å²) in [7, 11) is 0. The highest BCUT2D eigenvalue weighted by molar-refractivity contribution is 9.10. The largest absolute Gasteiger partial charge is 0.340 e. The molecule has 0 bridgehead atoms. The van der Waals surface area contributed by atoms with E-state index < -0.39 is 0 Å². The number of aliphatic imine (C=N–C) groups is 2. The number of aryl methyl sites for hydroxylation is 2. The maximum atomic E-state index is 13.9. The Hall–Kier alpha value is -2.53. The molecule has 3 aliphatic rings. The van der Waals surface area contributed by atoms with Crippen LogP contribution >= 0.6 is 15.9 Å². The zero-order valence-corrected chi connectivity index (χ0v) is 17.7. The second-order valence-corrected chi connectivity index (χ2v) is 8.79. The molecule has 0 spiro atoms. The third kappa shape index (κ3) is 3.48. The molecule has 5 heteroatoms. The topological polar surface area (TPSA) is 53.8 Å². The van der Waals surface area contributed by atoms with Crippen molar-refractivity contribution in [3.63, 3.8) is 0 Å². The van der Waals surface area contributed by atoms with Crippen molar-refractivity contribution in [3.05, 3.63) is 75.0 Å². The molecule has 1 unspecified atom stereocenters. The summed E-state index contributed by atoms with van der Waals surface area (Å²) in [5.41, 5.74) is 5.74. The fourth-order valence-electron chi connectivity index (χ4n) is 4.70. The number of ketones is 1. The molecule has 146 valence electrons. The Labute approximate surface area is 179 Å². The van der Waals surface area contributed by atoms with Crippen LogP contribution in [0.1, 0.15) is 35.4 Å². The van der Waals surface area contributed by atoms with Gasteiger partial charge in [0.25, 0.3) is 0 Å². The van der Waals surface area contributed by atoms with Gasteiger partial charge >= 0.3 is 0 Å². The fourth-order valence-corrected chi connectivity index (χ4v) is 5.08. The molecule has 1 N–H and O–H groups in total. The predicted octanol–water partition coefficient (Wildman–Crippen LogP) is 5.09. The Morgan fingerprint density at radius 2 is 1.79 bits per heavy atom. The molecule has 29 heavy (non-hydrogen) atoms. The summed E-state index contributed by atoms with van der Waals surface area (Å²) >= 11 is 3.58. The Morgan fingerprint density at radius 3 is 2.55 bits per heavy atom. The number of Topliss-reactive ketones (excluding diaryl/α,β-unsaturated/α-hetero) is 1. The third-order valence-corrected chi connectivity index (χ3v) is 6.69. The van der Waals surface area contributed by atoms with E-state index in [0.29, 0.717) is 12.3 Å². The van der Waals surface area contributed by atoms with Gasteiger partial charge in [0.1, 0.15) is 11.6 Å². The van der Waals surface area contributed by atoms with Crippen molar-refractivity contribution >= 4 is 39.8 Å². The molecule has 0 fully saturated rings. The maximum absolute atomic E-state index is 13.9. The number of hydrogen-bond acceptors (Lipinski definition) is 4. The van der Waals surface area contributed by atoms with Gasteiger partial charge in [0.15, 0.2) is 0 Å². The average molecular weight is 448 g/mol. The normalized spacial score (nSPS) is 20.8. The van der Waals surface area contributed by atoms with E-state index in [2.05, 4.69) is 61.6 Å². The van der Waals surface area contributed by atoms with Crippen molar-refractivity contribution in [2.24, 2.45) is 15.9 Å². The number of carbonyl (C=O) groups excluding carboxylic acids is 1. The number of benzene rings is 2. The number of rotatable bonds is 2. The van der Waals surface area contributed by atoms with Crippen molar-refractivity contribution in [3.8, 4) is 0 Å². The van der Waals surface area contributed by atoms with Crippen LogP contribution in [0.3, 0.4) is 0 Å². The van der Waals surface area contributed by atoms with E-state index in [9.17, 15) is 4.79 Å². The van der Waals surface area contributed by atoms with E-state index >= 15 is 0 Å². The number of nitrogens with zero attached hydrogens (tertiary/aromatic N) is 2. The summed E-state index contributed by atoms with van der Waals surface area (Å²) in [6, 6.07) is 14.7. The molecule has 1 atom stereocenters. The first kappa shape index (κ1) is 18.5. The van der Waals surface area contributed by atoms with Gasteiger partial charge in [0.05, 0.1) is 12.5 Å². The van der Waals surface area contributed by atoms with E-state index in [0.717, 1.165) is 52.8 Å². The van der Waals surface area contributed by atoms with Crippen LogP contribution in [-0.4, -0.2) is 24.8 Å². The first-order valence-electron chi connectivity index (χ1n) is 10.1. The molecule has 0 radical (unpaired) electrons. The van der Waals surface area contributed by atoms with Crippen molar-refractivity contribution in [1.82, 2.24) is 0 Å². The first-order valence-corrected chi connectivity index (χ1v) is 10.9. The minimum atomic E-state index is -0.294. The summed E-state index contributed by atoms with van der Waals surface area (Å²) in [5.74, 6) is 0.825. The number of fused-ring (bicyclic) bond motifs is 2. The van der Waals surface area contributed by atoms with Crippen LogP contribution in [0.15, 0.2) is 68.3 Å². The number of nitrogens with one attached hydrogen (secondary N) is 1. The van der Waals surface area contributed by atoms with Crippen LogP contribution in [0.4, 0.5) is 5.69 Å². The Morgan fingerprint density at radius 1 is 1.03 bits per heavy atom. The molecular weight excluding hydrogens is 426 g/mol. The van der Waals surface area contributed by atoms with Crippen molar-refractivity contribution < 1.29 is 4.79 Å². The second kappa shape index (κ2) is 7.71. The Bertz CT molecular complexity index is 1040. The summed E-state index contributed by atoms with van der Waals surface area (Å²) in [6.07, 6.45) is 7.14. The van der Waals surface area contributed by atoms with Gasteiger partial charge in [-0.05, 0) is 60.6 Å². The molecule has 0 saturated heterocycles. The zero-order chi connectivity index (χ0) is 19.8. The monoisotopic (exact) mass is 447 g/mol. The molecule has 2 heterocycles. The molecule has 0 aromatic heterocycles. The third-order valence-electron chi connectivity index (χ3n) is 6.20. The van der Waals surface area contributed by atoms with Crippen molar-refractivity contribution in [2.75, 3.05) is 11.9 Å². The SMILES string of the molecule is O=C(C1CCc2ccccc2CC1)C1C2=C(N=CC=NC2)Nc2ccc(Br)cc21. The van der Waals surface area contributed by atoms with Crippen LogP contribution in [0.5, 0.6) is 0 Å². The van der Waals surface area contributed by atoms with Crippen LogP contribution < -0.4 is 5.32 Å². The van der Waals surface area contributed by atoms with Crippen LogP contribution in [0.2, 0.25) is 0 Å². The minimum Gasteiger partial charge on any atom is -0.340 e.